The Kier molecular flexibility index (Phi) is 4.50. The molecule has 5 heteroatoms. The van der Waals surface area contributed by atoms with Crippen molar-refractivity contribution in [3.8, 4) is 0 Å². The highest BCUT2D eigenvalue weighted by Crippen LogP contribution is 2.33. The van der Waals surface area contributed by atoms with E-state index >= 15 is 0 Å². The van der Waals surface area contributed by atoms with Gasteiger partial charge in [-0.1, -0.05) is 0 Å². The van der Waals surface area contributed by atoms with Crippen LogP contribution in [0.1, 0.15) is 28.7 Å². The van der Waals surface area contributed by atoms with Gasteiger partial charge in [0.2, 0.25) is 0 Å². The van der Waals surface area contributed by atoms with E-state index in [9.17, 15) is 0 Å². The molecule has 3 heterocycles. The summed E-state index contributed by atoms with van der Waals surface area (Å²) in [6.45, 7) is 3.86. The van der Waals surface area contributed by atoms with Crippen molar-refractivity contribution in [3.05, 3.63) is 40.3 Å². The van der Waals surface area contributed by atoms with E-state index in [1.807, 2.05) is 34.5 Å². The van der Waals surface area contributed by atoms with Crippen LogP contribution >= 0.6 is 11.3 Å². The number of rotatable bonds is 6. The van der Waals surface area contributed by atoms with Crippen LogP contribution in [-0.2, 0) is 17.8 Å². The number of hydrogen-bond acceptors (Lipinski definition) is 4. The van der Waals surface area contributed by atoms with Crippen LogP contribution in [-0.4, -0.2) is 34.9 Å². The molecule has 0 radical (unpaired) electrons. The highest BCUT2D eigenvalue weighted by Gasteiger charge is 2.19. The maximum atomic E-state index is 5.74. The largest absolute Gasteiger partial charge is 0.373 e. The first kappa shape index (κ1) is 13.8. The second-order valence-corrected chi connectivity index (χ2v) is 6.51. The maximum Gasteiger partial charge on any atom is 0.0917 e. The van der Waals surface area contributed by atoms with Crippen molar-refractivity contribution in [2.75, 3.05) is 20.2 Å². The molecule has 2 aromatic heterocycles. The fraction of sp³-hybridized carbons (Fsp3) is 0.533. The number of aromatic nitrogens is 2. The summed E-state index contributed by atoms with van der Waals surface area (Å²) >= 11 is 1.89. The first-order valence-electron chi connectivity index (χ1n) is 7.17. The molecule has 1 saturated heterocycles. The average molecular weight is 291 g/mol. The Morgan fingerprint density at radius 2 is 2.45 bits per heavy atom. The lowest BCUT2D eigenvalue weighted by molar-refractivity contribution is 0.114. The molecule has 1 aliphatic heterocycles. The van der Waals surface area contributed by atoms with Crippen LogP contribution in [0.3, 0.4) is 0 Å². The summed E-state index contributed by atoms with van der Waals surface area (Å²) < 4.78 is 7.71. The fourth-order valence-electron chi connectivity index (χ4n) is 2.51. The molecule has 0 amide bonds. The molecule has 4 nitrogen and oxygen atoms in total. The van der Waals surface area contributed by atoms with Crippen molar-refractivity contribution < 1.29 is 4.74 Å². The van der Waals surface area contributed by atoms with E-state index in [1.165, 1.54) is 22.6 Å². The summed E-state index contributed by atoms with van der Waals surface area (Å²) in [4.78, 5) is 5.14. The Morgan fingerprint density at radius 3 is 3.20 bits per heavy atom. The van der Waals surface area contributed by atoms with Gasteiger partial charge in [0.25, 0.3) is 0 Å². The number of nitrogens with zero attached hydrogens (tertiary/aromatic N) is 3. The summed E-state index contributed by atoms with van der Waals surface area (Å²) in [6, 6.07) is 6.44. The monoisotopic (exact) mass is 291 g/mol. The van der Waals surface area contributed by atoms with Gasteiger partial charge in [-0.25, -0.2) is 0 Å². The van der Waals surface area contributed by atoms with E-state index in [-0.39, 0.29) is 0 Å². The van der Waals surface area contributed by atoms with Gasteiger partial charge in [-0.05, 0) is 38.1 Å². The van der Waals surface area contributed by atoms with Crippen LogP contribution in [0.25, 0.3) is 0 Å². The third-order valence-corrected chi connectivity index (χ3v) is 4.79. The second-order valence-electron chi connectivity index (χ2n) is 5.31. The van der Waals surface area contributed by atoms with Gasteiger partial charge in [-0.3, -0.25) is 9.58 Å². The molecule has 1 fully saturated rings. The van der Waals surface area contributed by atoms with E-state index in [4.69, 9.17) is 4.74 Å². The molecule has 0 unspecified atom stereocenters. The van der Waals surface area contributed by atoms with Crippen molar-refractivity contribution in [1.29, 1.82) is 0 Å². The molecule has 3 rings (SSSR count). The molecular formula is C15H21N3OS. The van der Waals surface area contributed by atoms with Crippen molar-refractivity contribution in [3.63, 3.8) is 0 Å². The second kappa shape index (κ2) is 6.52. The SMILES string of the molecule is CN(CCn1cccn1)Cc1ccc([C@H]2CCCO2)s1. The van der Waals surface area contributed by atoms with Crippen molar-refractivity contribution in [2.45, 2.75) is 32.0 Å². The van der Waals surface area contributed by atoms with Crippen LogP contribution in [0.2, 0.25) is 0 Å². The van der Waals surface area contributed by atoms with E-state index in [2.05, 4.69) is 29.2 Å². The normalized spacial score (nSPS) is 19.0. The predicted octanol–water partition coefficient (Wildman–Crippen LogP) is 2.93. The number of hydrogen-bond donors (Lipinski definition) is 0. The van der Waals surface area contributed by atoms with Crippen LogP contribution in [0.5, 0.6) is 0 Å². The van der Waals surface area contributed by atoms with Gasteiger partial charge in [0.1, 0.15) is 0 Å². The topological polar surface area (TPSA) is 30.3 Å². The van der Waals surface area contributed by atoms with Gasteiger partial charge in [-0.15, -0.1) is 11.3 Å². The molecule has 2 aromatic rings. The Hall–Kier alpha value is -1.17. The molecule has 0 N–H and O–H groups in total. The standard InChI is InChI=1S/C15H21N3OS/c1-17(9-10-18-8-3-7-16-18)12-13-5-6-15(20-13)14-4-2-11-19-14/h3,5-8,14H,2,4,9-12H2,1H3/t14-/m1/s1. The van der Waals surface area contributed by atoms with Crippen molar-refractivity contribution >= 4 is 11.3 Å². The molecule has 1 aliphatic rings. The molecule has 0 aromatic carbocycles. The maximum absolute atomic E-state index is 5.74. The third kappa shape index (κ3) is 3.48. The Bertz CT molecular complexity index is 517. The van der Waals surface area contributed by atoms with E-state index < -0.39 is 0 Å². The minimum absolute atomic E-state index is 0.350. The lowest BCUT2D eigenvalue weighted by Gasteiger charge is -2.15. The minimum Gasteiger partial charge on any atom is -0.373 e. The first-order valence-corrected chi connectivity index (χ1v) is 7.99. The van der Waals surface area contributed by atoms with Crippen LogP contribution in [0.15, 0.2) is 30.6 Å². The summed E-state index contributed by atoms with van der Waals surface area (Å²) in [5.41, 5.74) is 0. The van der Waals surface area contributed by atoms with Gasteiger partial charge < -0.3 is 4.74 Å². The molecule has 0 spiro atoms. The molecule has 0 saturated carbocycles. The van der Waals surface area contributed by atoms with Crippen LogP contribution in [0, 0.1) is 0 Å². The summed E-state index contributed by atoms with van der Waals surface area (Å²) in [5.74, 6) is 0. The van der Waals surface area contributed by atoms with Crippen molar-refractivity contribution in [1.82, 2.24) is 14.7 Å². The highest BCUT2D eigenvalue weighted by molar-refractivity contribution is 7.12. The fourth-order valence-corrected chi connectivity index (χ4v) is 3.68. The molecule has 0 aliphatic carbocycles. The van der Waals surface area contributed by atoms with Gasteiger partial charge in [0.05, 0.1) is 12.6 Å². The Balaban J connectivity index is 1.49. The molecule has 1 atom stereocenters. The molecular weight excluding hydrogens is 270 g/mol. The molecule has 108 valence electrons. The quantitative estimate of drug-likeness (QED) is 0.820. The van der Waals surface area contributed by atoms with Gasteiger partial charge in [0, 0.05) is 41.8 Å². The summed E-state index contributed by atoms with van der Waals surface area (Å²) in [6.07, 6.45) is 6.56. The first-order chi connectivity index (χ1) is 9.81. The zero-order valence-corrected chi connectivity index (χ0v) is 12.7. The number of ether oxygens (including phenoxy) is 1. The lowest BCUT2D eigenvalue weighted by Crippen LogP contribution is -2.22. The van der Waals surface area contributed by atoms with Gasteiger partial charge in [-0.2, -0.15) is 5.10 Å². The molecule has 0 bridgehead atoms. The number of likely N-dealkylation sites (N-methyl/N-ethyl adjacent to an activating group) is 1. The predicted molar refractivity (Wildman–Crippen MR) is 80.8 cm³/mol. The van der Waals surface area contributed by atoms with Gasteiger partial charge in [0.15, 0.2) is 0 Å². The number of thiophene rings is 1. The summed E-state index contributed by atoms with van der Waals surface area (Å²) in [7, 11) is 2.16. The third-order valence-electron chi connectivity index (χ3n) is 3.63. The lowest BCUT2D eigenvalue weighted by atomic mass is 10.2. The average Bonchev–Trinajstić information content (AvgIpc) is 3.18. The smallest absolute Gasteiger partial charge is 0.0917 e. The Labute approximate surface area is 124 Å². The van der Waals surface area contributed by atoms with Crippen molar-refractivity contribution in [2.24, 2.45) is 0 Å². The molecule has 20 heavy (non-hydrogen) atoms. The van der Waals surface area contributed by atoms with E-state index in [0.29, 0.717) is 6.10 Å². The summed E-state index contributed by atoms with van der Waals surface area (Å²) in [5, 5.41) is 4.23. The van der Waals surface area contributed by atoms with E-state index in [0.717, 1.165) is 26.2 Å². The van der Waals surface area contributed by atoms with Crippen LogP contribution < -0.4 is 0 Å². The Morgan fingerprint density at radius 1 is 1.50 bits per heavy atom. The minimum atomic E-state index is 0.350. The van der Waals surface area contributed by atoms with Gasteiger partial charge >= 0.3 is 0 Å². The van der Waals surface area contributed by atoms with Crippen LogP contribution in [0.4, 0.5) is 0 Å². The zero-order chi connectivity index (χ0) is 13.8. The van der Waals surface area contributed by atoms with E-state index in [1.54, 1.807) is 0 Å². The zero-order valence-electron chi connectivity index (χ0n) is 11.9. The highest BCUT2D eigenvalue weighted by atomic mass is 32.1.